The molecule has 5 heteroatoms. The molecule has 1 N–H and O–H groups in total. The summed E-state index contributed by atoms with van der Waals surface area (Å²) < 4.78 is 0. The lowest BCUT2D eigenvalue weighted by Crippen LogP contribution is -2.46. The van der Waals surface area contributed by atoms with Crippen LogP contribution < -0.4 is 5.32 Å². The Morgan fingerprint density at radius 2 is 2.00 bits per heavy atom. The molecule has 0 radical (unpaired) electrons. The number of hydrogen-bond acceptors (Lipinski definition) is 3. The van der Waals surface area contributed by atoms with Crippen molar-refractivity contribution in [1.29, 1.82) is 0 Å². The smallest absolute Gasteiger partial charge is 0.244 e. The molecule has 0 aromatic heterocycles. The maximum atomic E-state index is 12.1. The molecule has 2 heterocycles. The second-order valence-electron chi connectivity index (χ2n) is 6.17. The van der Waals surface area contributed by atoms with Crippen molar-refractivity contribution in [2.75, 3.05) is 25.4 Å². The van der Waals surface area contributed by atoms with Crippen LogP contribution in [0.4, 0.5) is 0 Å². The lowest BCUT2D eigenvalue weighted by Gasteiger charge is -2.37. The minimum Gasteiger partial charge on any atom is -0.362 e. The predicted octanol–water partition coefficient (Wildman–Crippen LogP) is 2.25. The molecule has 0 bridgehead atoms. The van der Waals surface area contributed by atoms with E-state index in [4.69, 9.17) is 0 Å². The first-order valence-corrected chi connectivity index (χ1v) is 9.03. The van der Waals surface area contributed by atoms with Crippen molar-refractivity contribution in [1.82, 2.24) is 10.2 Å². The quantitative estimate of drug-likeness (QED) is 0.850. The van der Waals surface area contributed by atoms with Gasteiger partial charge in [-0.05, 0) is 38.0 Å². The van der Waals surface area contributed by atoms with Gasteiger partial charge in [0, 0.05) is 24.9 Å². The van der Waals surface area contributed by atoms with Crippen molar-refractivity contribution in [3.05, 3.63) is 0 Å². The van der Waals surface area contributed by atoms with Crippen molar-refractivity contribution in [2.24, 2.45) is 10.9 Å². The molecular weight excluding hydrogens is 270 g/mol. The summed E-state index contributed by atoms with van der Waals surface area (Å²) in [7, 11) is 0. The summed E-state index contributed by atoms with van der Waals surface area (Å²) in [6.07, 6.45) is 8.90. The molecule has 1 amide bonds. The van der Waals surface area contributed by atoms with E-state index in [2.05, 4.69) is 10.3 Å². The van der Waals surface area contributed by atoms with Crippen molar-refractivity contribution in [3.8, 4) is 0 Å². The predicted molar refractivity (Wildman–Crippen MR) is 84.1 cm³/mol. The third-order valence-electron chi connectivity index (χ3n) is 4.72. The molecule has 3 aliphatic rings. The maximum absolute atomic E-state index is 12.1. The molecule has 1 saturated carbocycles. The number of likely N-dealkylation sites (tertiary alicyclic amines) is 1. The number of amidine groups is 1. The topological polar surface area (TPSA) is 44.7 Å². The summed E-state index contributed by atoms with van der Waals surface area (Å²) in [6, 6.07) is 0.605. The van der Waals surface area contributed by atoms with Crippen LogP contribution >= 0.6 is 11.8 Å². The molecule has 0 aromatic carbocycles. The number of nitrogens with zero attached hydrogens (tertiary/aromatic N) is 2. The van der Waals surface area contributed by atoms with Crippen LogP contribution in [0.2, 0.25) is 0 Å². The van der Waals surface area contributed by atoms with E-state index in [-0.39, 0.29) is 5.91 Å². The van der Waals surface area contributed by atoms with Gasteiger partial charge < -0.3 is 10.2 Å². The molecule has 112 valence electrons. The number of amides is 1. The fourth-order valence-corrected chi connectivity index (χ4v) is 4.62. The van der Waals surface area contributed by atoms with E-state index in [1.54, 1.807) is 11.8 Å². The number of aliphatic imine (C=N–C) groups is 1. The number of piperidine rings is 1. The number of carbonyl (C=O) groups is 1. The molecule has 3 fully saturated rings. The average molecular weight is 295 g/mol. The van der Waals surface area contributed by atoms with Crippen molar-refractivity contribution < 1.29 is 4.79 Å². The highest BCUT2D eigenvalue weighted by Gasteiger charge is 2.30. The molecular formula is C15H25N3OS. The average Bonchev–Trinajstić information content (AvgIpc) is 2.53. The van der Waals surface area contributed by atoms with Gasteiger partial charge in [0.1, 0.15) is 6.54 Å². The molecule has 0 spiro atoms. The lowest BCUT2D eigenvalue weighted by atomic mass is 9.86. The number of thioether (sulfide) groups is 1. The number of fused-ring (bicyclic) bond motifs is 1. The summed E-state index contributed by atoms with van der Waals surface area (Å²) in [5.41, 5.74) is 0. The van der Waals surface area contributed by atoms with Crippen LogP contribution in [0.15, 0.2) is 4.99 Å². The second kappa shape index (κ2) is 6.83. The number of nitrogens with one attached hydrogen (secondary N) is 1. The zero-order valence-electron chi connectivity index (χ0n) is 12.1. The number of rotatable bonds is 2. The molecule has 1 aliphatic carbocycles. The van der Waals surface area contributed by atoms with Gasteiger partial charge in [0.05, 0.1) is 0 Å². The summed E-state index contributed by atoms with van der Waals surface area (Å²) in [4.78, 5) is 18.6. The van der Waals surface area contributed by atoms with E-state index in [1.165, 1.54) is 37.9 Å². The Kier molecular flexibility index (Phi) is 4.86. The SMILES string of the molecule is O=C(CN=C1NC2CCCCC2CS1)N1CCCCC1. The zero-order chi connectivity index (χ0) is 13.8. The highest BCUT2D eigenvalue weighted by atomic mass is 32.2. The third kappa shape index (κ3) is 3.48. The fraction of sp³-hybridized carbons (Fsp3) is 0.867. The Morgan fingerprint density at radius 3 is 2.85 bits per heavy atom. The molecule has 2 aliphatic heterocycles. The van der Waals surface area contributed by atoms with Gasteiger partial charge in [0.15, 0.2) is 5.17 Å². The van der Waals surface area contributed by atoms with Crippen LogP contribution in [0, 0.1) is 5.92 Å². The van der Waals surface area contributed by atoms with E-state index in [0.29, 0.717) is 12.6 Å². The summed E-state index contributed by atoms with van der Waals surface area (Å²) >= 11 is 1.81. The van der Waals surface area contributed by atoms with Crippen LogP contribution in [0.1, 0.15) is 44.9 Å². The van der Waals surface area contributed by atoms with E-state index in [9.17, 15) is 4.79 Å². The van der Waals surface area contributed by atoms with Gasteiger partial charge in [-0.3, -0.25) is 9.79 Å². The molecule has 4 nitrogen and oxygen atoms in total. The van der Waals surface area contributed by atoms with Gasteiger partial charge in [-0.2, -0.15) is 0 Å². The highest BCUT2D eigenvalue weighted by molar-refractivity contribution is 8.13. The van der Waals surface area contributed by atoms with Gasteiger partial charge >= 0.3 is 0 Å². The van der Waals surface area contributed by atoms with Crippen molar-refractivity contribution in [2.45, 2.75) is 51.0 Å². The number of hydrogen-bond donors (Lipinski definition) is 1. The summed E-state index contributed by atoms with van der Waals surface area (Å²) in [5, 5.41) is 4.55. The van der Waals surface area contributed by atoms with Crippen molar-refractivity contribution >= 4 is 22.8 Å². The normalized spacial score (nSPS) is 32.6. The molecule has 2 atom stereocenters. The molecule has 3 rings (SSSR count). The molecule has 2 saturated heterocycles. The van der Waals surface area contributed by atoms with Crippen LogP contribution in [0.3, 0.4) is 0 Å². The standard InChI is InChI=1S/C15H25N3OS/c19-14(18-8-4-1-5-9-18)10-16-15-17-13-7-3-2-6-12(13)11-20-15/h12-13H,1-11H2,(H,16,17). The maximum Gasteiger partial charge on any atom is 0.244 e. The van der Waals surface area contributed by atoms with Crippen LogP contribution in [-0.2, 0) is 4.79 Å². The minimum atomic E-state index is 0.199. The first kappa shape index (κ1) is 14.2. The van der Waals surface area contributed by atoms with E-state index in [0.717, 1.165) is 37.0 Å². The monoisotopic (exact) mass is 295 g/mol. The largest absolute Gasteiger partial charge is 0.362 e. The van der Waals surface area contributed by atoms with E-state index >= 15 is 0 Å². The Morgan fingerprint density at radius 1 is 1.20 bits per heavy atom. The van der Waals surface area contributed by atoms with E-state index < -0.39 is 0 Å². The Labute approximate surface area is 125 Å². The van der Waals surface area contributed by atoms with Gasteiger partial charge in [0.25, 0.3) is 0 Å². The zero-order valence-corrected chi connectivity index (χ0v) is 13.0. The first-order valence-electron chi connectivity index (χ1n) is 8.04. The van der Waals surface area contributed by atoms with Gasteiger partial charge in [-0.25, -0.2) is 0 Å². The highest BCUT2D eigenvalue weighted by Crippen LogP contribution is 2.31. The van der Waals surface area contributed by atoms with Crippen LogP contribution in [-0.4, -0.2) is 47.4 Å². The summed E-state index contributed by atoms with van der Waals surface area (Å²) in [6.45, 7) is 2.18. The van der Waals surface area contributed by atoms with Gasteiger partial charge in [0.2, 0.25) is 5.91 Å². The van der Waals surface area contributed by atoms with Gasteiger partial charge in [-0.15, -0.1) is 0 Å². The minimum absolute atomic E-state index is 0.199. The fourth-order valence-electron chi connectivity index (χ4n) is 3.46. The molecule has 0 aromatic rings. The summed E-state index contributed by atoms with van der Waals surface area (Å²) in [5.74, 6) is 2.19. The van der Waals surface area contributed by atoms with E-state index in [1.807, 2.05) is 4.90 Å². The van der Waals surface area contributed by atoms with Crippen LogP contribution in [0.25, 0.3) is 0 Å². The molecule has 20 heavy (non-hydrogen) atoms. The Bertz CT molecular complexity index is 379. The number of carbonyl (C=O) groups excluding carboxylic acids is 1. The Balaban J connectivity index is 1.49. The van der Waals surface area contributed by atoms with Gasteiger partial charge in [-0.1, -0.05) is 24.6 Å². The van der Waals surface area contributed by atoms with Crippen LogP contribution in [0.5, 0.6) is 0 Å². The first-order chi connectivity index (χ1) is 9.83. The van der Waals surface area contributed by atoms with Crippen molar-refractivity contribution in [3.63, 3.8) is 0 Å². The third-order valence-corrected chi connectivity index (χ3v) is 5.83. The Hall–Kier alpha value is -0.710. The lowest BCUT2D eigenvalue weighted by molar-refractivity contribution is -0.130. The molecule has 2 unspecified atom stereocenters. The second-order valence-corrected chi connectivity index (χ2v) is 7.18.